The average molecular weight is 416 g/mol. The van der Waals surface area contributed by atoms with Crippen molar-refractivity contribution in [2.45, 2.75) is 17.9 Å². The lowest BCUT2D eigenvalue weighted by Gasteiger charge is -2.14. The lowest BCUT2D eigenvalue weighted by atomic mass is 10.2. The van der Waals surface area contributed by atoms with E-state index in [0.29, 0.717) is 0 Å². The Bertz CT molecular complexity index is 959. The molecular weight excluding hydrogens is 401 g/mol. The Kier molecular flexibility index (Phi) is 6.28. The van der Waals surface area contributed by atoms with Crippen LogP contribution in [0.3, 0.4) is 0 Å². The summed E-state index contributed by atoms with van der Waals surface area (Å²) in [5.74, 6) is -1.43. The Labute approximate surface area is 161 Å². The second kappa shape index (κ2) is 8.07. The predicted molar refractivity (Wildman–Crippen MR) is 99.5 cm³/mol. The van der Waals surface area contributed by atoms with Crippen molar-refractivity contribution in [3.63, 3.8) is 0 Å². The third-order valence-electron chi connectivity index (χ3n) is 3.36. The number of rotatable bonds is 5. The van der Waals surface area contributed by atoms with Gasteiger partial charge in [-0.25, -0.2) is 13.2 Å². The second-order valence-corrected chi connectivity index (χ2v) is 8.24. The van der Waals surface area contributed by atoms with Crippen molar-refractivity contribution < 1.29 is 22.7 Å². The number of benzene rings is 2. The molecule has 26 heavy (non-hydrogen) atoms. The summed E-state index contributed by atoms with van der Waals surface area (Å²) in [4.78, 5) is 24.3. The number of anilines is 1. The fourth-order valence-corrected chi connectivity index (χ4v) is 2.99. The molecule has 1 amide bonds. The van der Waals surface area contributed by atoms with E-state index in [4.69, 9.17) is 27.9 Å². The van der Waals surface area contributed by atoms with Crippen LogP contribution in [0.15, 0.2) is 47.4 Å². The van der Waals surface area contributed by atoms with Crippen LogP contribution in [-0.4, -0.2) is 32.7 Å². The predicted octanol–water partition coefficient (Wildman–Crippen LogP) is 3.58. The molecule has 0 fully saturated rings. The van der Waals surface area contributed by atoms with Gasteiger partial charge in [0.05, 0.1) is 26.2 Å². The van der Waals surface area contributed by atoms with Gasteiger partial charge in [-0.3, -0.25) is 4.79 Å². The van der Waals surface area contributed by atoms with Crippen LogP contribution in [0.4, 0.5) is 5.69 Å². The molecule has 2 rings (SSSR count). The van der Waals surface area contributed by atoms with Gasteiger partial charge >= 0.3 is 5.97 Å². The molecule has 0 heterocycles. The zero-order valence-electron chi connectivity index (χ0n) is 13.8. The van der Waals surface area contributed by atoms with Crippen LogP contribution >= 0.6 is 23.2 Å². The van der Waals surface area contributed by atoms with Gasteiger partial charge in [-0.2, -0.15) is 0 Å². The number of nitrogens with one attached hydrogen (secondary N) is 1. The summed E-state index contributed by atoms with van der Waals surface area (Å²) in [6.45, 7) is 1.38. The van der Waals surface area contributed by atoms with E-state index in [0.717, 1.165) is 6.26 Å². The molecule has 138 valence electrons. The number of carbonyl (C=O) groups is 2. The number of carbonyl (C=O) groups excluding carboxylic acids is 2. The highest BCUT2D eigenvalue weighted by atomic mass is 35.5. The highest BCUT2D eigenvalue weighted by Gasteiger charge is 2.21. The van der Waals surface area contributed by atoms with E-state index in [9.17, 15) is 18.0 Å². The number of sulfone groups is 1. The third kappa shape index (κ3) is 4.97. The van der Waals surface area contributed by atoms with Gasteiger partial charge in [0.15, 0.2) is 15.9 Å². The first-order valence-corrected chi connectivity index (χ1v) is 10.0. The molecule has 9 heteroatoms. The first-order valence-electron chi connectivity index (χ1n) is 7.35. The van der Waals surface area contributed by atoms with Crippen LogP contribution in [-0.2, 0) is 19.4 Å². The molecule has 0 spiro atoms. The molecule has 2 aromatic carbocycles. The van der Waals surface area contributed by atoms with Crippen molar-refractivity contribution in [2.75, 3.05) is 11.6 Å². The van der Waals surface area contributed by atoms with Crippen LogP contribution < -0.4 is 5.32 Å². The van der Waals surface area contributed by atoms with Gasteiger partial charge < -0.3 is 10.1 Å². The van der Waals surface area contributed by atoms with Crippen molar-refractivity contribution in [1.82, 2.24) is 0 Å². The number of halogens is 2. The van der Waals surface area contributed by atoms with E-state index >= 15 is 0 Å². The Morgan fingerprint density at radius 2 is 1.77 bits per heavy atom. The van der Waals surface area contributed by atoms with Gasteiger partial charge in [-0.1, -0.05) is 35.3 Å². The number of hydrogen-bond acceptors (Lipinski definition) is 5. The number of esters is 1. The standard InChI is InChI=1S/C17H15Cl2NO5S/c1-10(16(21)20-14-8-4-7-13(18)15(14)19)25-17(22)11-5-3-6-12(9-11)26(2,23)24/h3-10H,1-2H3,(H,20,21)/t10-/m1/s1. The summed E-state index contributed by atoms with van der Waals surface area (Å²) in [6, 6.07) is 10.1. The Hall–Kier alpha value is -2.09. The summed E-state index contributed by atoms with van der Waals surface area (Å²) in [5, 5.41) is 2.95. The van der Waals surface area contributed by atoms with Gasteiger partial charge in [0.25, 0.3) is 5.91 Å². The number of hydrogen-bond donors (Lipinski definition) is 1. The Morgan fingerprint density at radius 3 is 2.42 bits per heavy atom. The lowest BCUT2D eigenvalue weighted by molar-refractivity contribution is -0.123. The smallest absolute Gasteiger partial charge is 0.338 e. The zero-order valence-corrected chi connectivity index (χ0v) is 16.2. The molecule has 0 aliphatic carbocycles. The molecule has 0 radical (unpaired) electrons. The van der Waals surface area contributed by atoms with Crippen LogP contribution in [0.25, 0.3) is 0 Å². The molecule has 2 aromatic rings. The van der Waals surface area contributed by atoms with Crippen molar-refractivity contribution in [2.24, 2.45) is 0 Å². The van der Waals surface area contributed by atoms with Crippen molar-refractivity contribution in [1.29, 1.82) is 0 Å². The van der Waals surface area contributed by atoms with Crippen molar-refractivity contribution in [3.8, 4) is 0 Å². The first kappa shape index (κ1) is 20.2. The topological polar surface area (TPSA) is 89.5 Å². The molecule has 0 bridgehead atoms. The maximum absolute atomic E-state index is 12.2. The molecule has 6 nitrogen and oxygen atoms in total. The fourth-order valence-electron chi connectivity index (χ4n) is 1.97. The number of amides is 1. The van der Waals surface area contributed by atoms with Crippen LogP contribution in [0.1, 0.15) is 17.3 Å². The van der Waals surface area contributed by atoms with Crippen LogP contribution in [0.2, 0.25) is 10.0 Å². The highest BCUT2D eigenvalue weighted by molar-refractivity contribution is 7.90. The van der Waals surface area contributed by atoms with E-state index in [-0.39, 0.29) is 26.2 Å². The quantitative estimate of drug-likeness (QED) is 0.753. The average Bonchev–Trinajstić information content (AvgIpc) is 2.58. The van der Waals surface area contributed by atoms with E-state index in [1.54, 1.807) is 18.2 Å². The van der Waals surface area contributed by atoms with Gasteiger partial charge in [0.2, 0.25) is 0 Å². The van der Waals surface area contributed by atoms with Crippen molar-refractivity contribution >= 4 is 50.6 Å². The minimum absolute atomic E-state index is 0.0187. The normalized spacial score (nSPS) is 12.3. The molecule has 0 aliphatic heterocycles. The van der Waals surface area contributed by atoms with Crippen molar-refractivity contribution in [3.05, 3.63) is 58.1 Å². The summed E-state index contributed by atoms with van der Waals surface area (Å²) < 4.78 is 28.2. The SMILES string of the molecule is C[C@@H](OC(=O)c1cccc(S(C)(=O)=O)c1)C(=O)Nc1cccc(Cl)c1Cl. The molecule has 1 N–H and O–H groups in total. The molecule has 0 unspecified atom stereocenters. The van der Waals surface area contributed by atoms with E-state index < -0.39 is 27.8 Å². The maximum Gasteiger partial charge on any atom is 0.338 e. The summed E-state index contributed by atoms with van der Waals surface area (Å²) >= 11 is 11.9. The van der Waals surface area contributed by atoms with Crippen LogP contribution in [0, 0.1) is 0 Å². The van der Waals surface area contributed by atoms with Crippen LogP contribution in [0.5, 0.6) is 0 Å². The molecular formula is C17H15Cl2NO5S. The summed E-state index contributed by atoms with van der Waals surface area (Å²) in [7, 11) is -3.47. The zero-order chi connectivity index (χ0) is 19.5. The van der Waals surface area contributed by atoms with Gasteiger partial charge in [0, 0.05) is 6.26 Å². The summed E-state index contributed by atoms with van der Waals surface area (Å²) in [6.07, 6.45) is -0.109. The highest BCUT2D eigenvalue weighted by Crippen LogP contribution is 2.29. The minimum Gasteiger partial charge on any atom is -0.449 e. The first-order chi connectivity index (χ1) is 12.1. The molecule has 0 saturated carbocycles. The van der Waals surface area contributed by atoms with Gasteiger partial charge in [-0.05, 0) is 37.3 Å². The molecule has 0 aliphatic rings. The van der Waals surface area contributed by atoms with E-state index in [2.05, 4.69) is 5.32 Å². The van der Waals surface area contributed by atoms with E-state index in [1.807, 2.05) is 0 Å². The number of ether oxygens (including phenoxy) is 1. The maximum atomic E-state index is 12.2. The van der Waals surface area contributed by atoms with Gasteiger partial charge in [-0.15, -0.1) is 0 Å². The Balaban J connectivity index is 2.09. The van der Waals surface area contributed by atoms with E-state index in [1.165, 1.54) is 31.2 Å². The second-order valence-electron chi connectivity index (χ2n) is 5.44. The van der Waals surface area contributed by atoms with Gasteiger partial charge in [0.1, 0.15) is 0 Å². The fraction of sp³-hybridized carbons (Fsp3) is 0.176. The largest absolute Gasteiger partial charge is 0.449 e. The lowest BCUT2D eigenvalue weighted by Crippen LogP contribution is -2.30. The minimum atomic E-state index is -3.47. The third-order valence-corrected chi connectivity index (χ3v) is 5.29. The monoisotopic (exact) mass is 415 g/mol. The summed E-state index contributed by atoms with van der Waals surface area (Å²) in [5.41, 5.74) is 0.305. The Morgan fingerprint density at radius 1 is 1.12 bits per heavy atom. The molecule has 0 saturated heterocycles. The molecule has 0 aromatic heterocycles. The molecule has 1 atom stereocenters.